The molecule has 25 heavy (non-hydrogen) atoms. The fraction of sp³-hybridized carbons (Fsp3) is 0.278. The van der Waals surface area contributed by atoms with Gasteiger partial charge in [0.15, 0.2) is 5.11 Å². The van der Waals surface area contributed by atoms with E-state index in [0.29, 0.717) is 5.11 Å². The highest BCUT2D eigenvalue weighted by atomic mass is 32.1. The number of nitrogens with two attached hydrogens (primary N) is 1. The Hall–Kier alpha value is -2.51. The summed E-state index contributed by atoms with van der Waals surface area (Å²) in [4.78, 5) is 4.79. The third-order valence-corrected chi connectivity index (χ3v) is 4.56. The molecule has 2 aromatic carbocycles. The molecule has 0 saturated carbocycles. The number of methoxy groups -OCH3 is 1. The summed E-state index contributed by atoms with van der Waals surface area (Å²) < 4.78 is 5.22. The Labute approximate surface area is 153 Å². The summed E-state index contributed by atoms with van der Waals surface area (Å²) in [5, 5.41) is 3.42. The van der Waals surface area contributed by atoms with E-state index < -0.39 is 0 Å². The standard InChI is InChI=1S/C18H23N5OS/c1-24-17-8-6-16(7-9-17)23-12-10-22(11-13-23)15-4-2-14(3-5-15)20-18(25)21-19/h2-9H,10-13,19H2,1H3,(H2,20,21,25). The fourth-order valence-corrected chi connectivity index (χ4v) is 3.06. The van der Waals surface area contributed by atoms with Crippen LogP contribution in [0.2, 0.25) is 0 Å². The monoisotopic (exact) mass is 357 g/mol. The molecule has 2 aromatic rings. The number of hydrogen-bond donors (Lipinski definition) is 3. The topological polar surface area (TPSA) is 65.8 Å². The summed E-state index contributed by atoms with van der Waals surface area (Å²) in [6, 6.07) is 16.5. The maximum absolute atomic E-state index is 5.27. The molecular weight excluding hydrogens is 334 g/mol. The summed E-state index contributed by atoms with van der Waals surface area (Å²) in [6.07, 6.45) is 0. The van der Waals surface area contributed by atoms with Crippen molar-refractivity contribution in [2.45, 2.75) is 0 Å². The third kappa shape index (κ3) is 4.32. The molecule has 0 bridgehead atoms. The van der Waals surface area contributed by atoms with Crippen LogP contribution in [0, 0.1) is 0 Å². The van der Waals surface area contributed by atoms with E-state index >= 15 is 0 Å². The Morgan fingerprint density at radius 2 is 1.40 bits per heavy atom. The van der Waals surface area contributed by atoms with Gasteiger partial charge in [-0.3, -0.25) is 0 Å². The van der Waals surface area contributed by atoms with Crippen molar-refractivity contribution in [2.24, 2.45) is 5.84 Å². The highest BCUT2D eigenvalue weighted by Gasteiger charge is 2.17. The maximum atomic E-state index is 5.27. The van der Waals surface area contributed by atoms with E-state index in [9.17, 15) is 0 Å². The Kier molecular flexibility index (Phi) is 5.57. The normalized spacial score (nSPS) is 14.2. The second-order valence-electron chi connectivity index (χ2n) is 5.82. The van der Waals surface area contributed by atoms with E-state index in [1.807, 2.05) is 24.3 Å². The summed E-state index contributed by atoms with van der Waals surface area (Å²) >= 11 is 5.00. The van der Waals surface area contributed by atoms with Crippen LogP contribution in [0.25, 0.3) is 0 Å². The molecule has 1 aliphatic rings. The van der Waals surface area contributed by atoms with Crippen molar-refractivity contribution in [1.82, 2.24) is 5.43 Å². The van der Waals surface area contributed by atoms with Crippen LogP contribution in [-0.4, -0.2) is 38.4 Å². The number of hydrogen-bond acceptors (Lipinski definition) is 5. The van der Waals surface area contributed by atoms with Crippen molar-refractivity contribution >= 4 is 34.4 Å². The summed E-state index contributed by atoms with van der Waals surface area (Å²) in [6.45, 7) is 3.96. The molecule has 6 nitrogen and oxygen atoms in total. The van der Waals surface area contributed by atoms with Crippen molar-refractivity contribution in [3.8, 4) is 5.75 Å². The lowest BCUT2D eigenvalue weighted by Crippen LogP contribution is -2.46. The van der Waals surface area contributed by atoms with E-state index in [0.717, 1.165) is 37.6 Å². The molecule has 3 rings (SSSR count). The van der Waals surface area contributed by atoms with Gasteiger partial charge in [0.05, 0.1) is 7.11 Å². The van der Waals surface area contributed by atoms with Gasteiger partial charge in [0, 0.05) is 43.2 Å². The molecule has 0 aromatic heterocycles. The van der Waals surface area contributed by atoms with Crippen molar-refractivity contribution in [1.29, 1.82) is 0 Å². The molecule has 1 heterocycles. The lowest BCUT2D eigenvalue weighted by atomic mass is 10.2. The first-order chi connectivity index (χ1) is 12.2. The van der Waals surface area contributed by atoms with Crippen LogP contribution < -0.4 is 31.1 Å². The van der Waals surface area contributed by atoms with Gasteiger partial charge in [0.2, 0.25) is 0 Å². The molecule has 1 fully saturated rings. The molecule has 1 aliphatic heterocycles. The summed E-state index contributed by atoms with van der Waals surface area (Å²) in [7, 11) is 1.69. The van der Waals surface area contributed by atoms with Crippen LogP contribution >= 0.6 is 12.2 Å². The van der Waals surface area contributed by atoms with Gasteiger partial charge in [-0.25, -0.2) is 5.84 Å². The molecular formula is C18H23N5OS. The highest BCUT2D eigenvalue weighted by Crippen LogP contribution is 2.23. The number of piperazine rings is 1. The number of hydrazine groups is 1. The number of nitrogens with one attached hydrogen (secondary N) is 2. The number of nitrogens with zero attached hydrogens (tertiary/aromatic N) is 2. The van der Waals surface area contributed by atoms with E-state index in [4.69, 9.17) is 22.8 Å². The molecule has 7 heteroatoms. The summed E-state index contributed by atoms with van der Waals surface area (Å²) in [5.74, 6) is 6.16. The van der Waals surface area contributed by atoms with Crippen LogP contribution in [0.1, 0.15) is 0 Å². The predicted octanol–water partition coefficient (Wildman–Crippen LogP) is 2.18. The Bertz CT molecular complexity index is 696. The Morgan fingerprint density at radius 1 is 0.920 bits per heavy atom. The molecule has 0 radical (unpaired) electrons. The van der Waals surface area contributed by atoms with Crippen LogP contribution in [0.5, 0.6) is 5.75 Å². The van der Waals surface area contributed by atoms with Gasteiger partial charge < -0.3 is 25.3 Å². The van der Waals surface area contributed by atoms with Gasteiger partial charge in [-0.2, -0.15) is 0 Å². The van der Waals surface area contributed by atoms with Crippen LogP contribution in [0.15, 0.2) is 48.5 Å². The second-order valence-corrected chi connectivity index (χ2v) is 6.23. The molecule has 132 valence electrons. The SMILES string of the molecule is COc1ccc(N2CCN(c3ccc(NC(=S)NN)cc3)CC2)cc1. The van der Waals surface area contributed by atoms with E-state index in [-0.39, 0.29) is 0 Å². The van der Waals surface area contributed by atoms with Gasteiger partial charge in [0.1, 0.15) is 5.75 Å². The first-order valence-electron chi connectivity index (χ1n) is 8.21. The average Bonchev–Trinajstić information content (AvgIpc) is 2.69. The highest BCUT2D eigenvalue weighted by molar-refractivity contribution is 7.80. The van der Waals surface area contributed by atoms with Crippen LogP contribution in [0.4, 0.5) is 17.1 Å². The maximum Gasteiger partial charge on any atom is 0.185 e. The van der Waals surface area contributed by atoms with Gasteiger partial charge in [-0.1, -0.05) is 0 Å². The van der Waals surface area contributed by atoms with Crippen LogP contribution in [0.3, 0.4) is 0 Å². The second kappa shape index (κ2) is 8.04. The largest absolute Gasteiger partial charge is 0.497 e. The average molecular weight is 357 g/mol. The van der Waals surface area contributed by atoms with Gasteiger partial charge in [-0.15, -0.1) is 0 Å². The lowest BCUT2D eigenvalue weighted by molar-refractivity contribution is 0.415. The van der Waals surface area contributed by atoms with Crippen molar-refractivity contribution < 1.29 is 4.74 Å². The quantitative estimate of drug-likeness (QED) is 0.440. The Morgan fingerprint density at radius 3 is 1.84 bits per heavy atom. The van der Waals surface area contributed by atoms with Crippen molar-refractivity contribution in [3.63, 3.8) is 0 Å². The molecule has 0 amide bonds. The summed E-state index contributed by atoms with van der Waals surface area (Å²) in [5.41, 5.74) is 5.79. The first kappa shape index (κ1) is 17.3. The van der Waals surface area contributed by atoms with Gasteiger partial charge in [0.25, 0.3) is 0 Å². The van der Waals surface area contributed by atoms with E-state index in [2.05, 4.69) is 44.8 Å². The third-order valence-electron chi connectivity index (χ3n) is 4.34. The molecule has 0 aliphatic carbocycles. The number of thiocarbonyl (C=S) groups is 1. The smallest absolute Gasteiger partial charge is 0.185 e. The fourth-order valence-electron chi connectivity index (χ4n) is 2.94. The number of benzene rings is 2. The lowest BCUT2D eigenvalue weighted by Gasteiger charge is -2.37. The molecule has 0 atom stereocenters. The zero-order valence-electron chi connectivity index (χ0n) is 14.2. The minimum Gasteiger partial charge on any atom is -0.497 e. The molecule has 4 N–H and O–H groups in total. The van der Waals surface area contributed by atoms with Gasteiger partial charge in [-0.05, 0) is 60.7 Å². The molecule has 0 spiro atoms. The molecule has 1 saturated heterocycles. The molecule has 0 unspecified atom stereocenters. The van der Waals surface area contributed by atoms with Gasteiger partial charge >= 0.3 is 0 Å². The van der Waals surface area contributed by atoms with Crippen LogP contribution in [-0.2, 0) is 0 Å². The van der Waals surface area contributed by atoms with Crippen molar-refractivity contribution in [3.05, 3.63) is 48.5 Å². The number of rotatable bonds is 4. The zero-order valence-corrected chi connectivity index (χ0v) is 15.1. The zero-order chi connectivity index (χ0) is 17.6. The number of anilines is 3. The minimum absolute atomic E-state index is 0.404. The van der Waals surface area contributed by atoms with E-state index in [1.165, 1.54) is 11.4 Å². The van der Waals surface area contributed by atoms with E-state index in [1.54, 1.807) is 7.11 Å². The number of ether oxygens (including phenoxy) is 1. The minimum atomic E-state index is 0.404. The Balaban J connectivity index is 1.57. The predicted molar refractivity (Wildman–Crippen MR) is 107 cm³/mol. The first-order valence-corrected chi connectivity index (χ1v) is 8.62. The van der Waals surface area contributed by atoms with Crippen molar-refractivity contribution in [2.75, 3.05) is 48.4 Å².